The summed E-state index contributed by atoms with van der Waals surface area (Å²) in [6.45, 7) is -0.145. The lowest BCUT2D eigenvalue weighted by Crippen LogP contribution is -2.32. The number of amides is 2. The molecule has 2 aromatic heterocycles. The number of methoxy groups -OCH3 is 1. The summed E-state index contributed by atoms with van der Waals surface area (Å²) in [5, 5.41) is 5.24. The Kier molecular flexibility index (Phi) is 5.23. The fourth-order valence-corrected chi connectivity index (χ4v) is 2.22. The van der Waals surface area contributed by atoms with E-state index >= 15 is 0 Å². The highest BCUT2D eigenvalue weighted by atomic mass is 16.5. The number of benzene rings is 1. The van der Waals surface area contributed by atoms with Crippen molar-refractivity contribution >= 4 is 17.5 Å². The molecule has 8 nitrogen and oxygen atoms in total. The summed E-state index contributed by atoms with van der Waals surface area (Å²) >= 11 is 0. The first-order valence-electron chi connectivity index (χ1n) is 7.82. The standard InChI is InChI=1S/C18H17N5O3/c1-26-15-5-2-13(3-6-15)18(25)21-11-17(24)22-14-4-7-16(20-10-14)23-9-8-19-12-23/h2-10,12H,11H2,1H3,(H,21,25)(H,22,24). The fourth-order valence-electron chi connectivity index (χ4n) is 2.22. The van der Waals surface area contributed by atoms with E-state index in [1.54, 1.807) is 73.0 Å². The second-order valence-corrected chi connectivity index (χ2v) is 5.33. The summed E-state index contributed by atoms with van der Waals surface area (Å²) < 4.78 is 6.79. The van der Waals surface area contributed by atoms with Gasteiger partial charge in [0.2, 0.25) is 5.91 Å². The molecule has 0 atom stereocenters. The van der Waals surface area contributed by atoms with Crippen molar-refractivity contribution in [3.05, 3.63) is 66.9 Å². The topological polar surface area (TPSA) is 98.1 Å². The van der Waals surface area contributed by atoms with Crippen molar-refractivity contribution in [1.82, 2.24) is 19.9 Å². The van der Waals surface area contributed by atoms with Crippen LogP contribution in [0, 0.1) is 0 Å². The largest absolute Gasteiger partial charge is 0.497 e. The Bertz CT molecular complexity index is 874. The van der Waals surface area contributed by atoms with Crippen molar-refractivity contribution in [2.45, 2.75) is 0 Å². The normalized spacial score (nSPS) is 10.2. The van der Waals surface area contributed by atoms with E-state index in [-0.39, 0.29) is 18.4 Å². The van der Waals surface area contributed by atoms with Gasteiger partial charge in [-0.05, 0) is 36.4 Å². The van der Waals surface area contributed by atoms with Crippen LogP contribution < -0.4 is 15.4 Å². The number of carbonyl (C=O) groups is 2. The second-order valence-electron chi connectivity index (χ2n) is 5.33. The molecule has 0 saturated heterocycles. The second kappa shape index (κ2) is 7.93. The number of hydrogen-bond donors (Lipinski definition) is 2. The van der Waals surface area contributed by atoms with Gasteiger partial charge in [-0.3, -0.25) is 14.2 Å². The van der Waals surface area contributed by atoms with Crippen LogP contribution in [0.1, 0.15) is 10.4 Å². The molecule has 0 spiro atoms. The number of anilines is 1. The van der Waals surface area contributed by atoms with E-state index in [1.807, 2.05) is 0 Å². The smallest absolute Gasteiger partial charge is 0.251 e. The molecule has 0 radical (unpaired) electrons. The number of nitrogens with zero attached hydrogens (tertiary/aromatic N) is 3. The fraction of sp³-hybridized carbons (Fsp3) is 0.111. The van der Waals surface area contributed by atoms with E-state index in [0.717, 1.165) is 0 Å². The van der Waals surface area contributed by atoms with Gasteiger partial charge in [0, 0.05) is 18.0 Å². The molecule has 132 valence electrons. The van der Waals surface area contributed by atoms with Crippen LogP contribution in [0.4, 0.5) is 5.69 Å². The highest BCUT2D eigenvalue weighted by molar-refractivity contribution is 5.99. The maximum Gasteiger partial charge on any atom is 0.251 e. The molecule has 3 aromatic rings. The van der Waals surface area contributed by atoms with Crippen LogP contribution in [0.15, 0.2) is 61.3 Å². The lowest BCUT2D eigenvalue weighted by molar-refractivity contribution is -0.115. The molecule has 3 rings (SSSR count). The average molecular weight is 351 g/mol. The lowest BCUT2D eigenvalue weighted by atomic mass is 10.2. The number of rotatable bonds is 6. The number of carbonyl (C=O) groups excluding carboxylic acids is 2. The van der Waals surface area contributed by atoms with Gasteiger partial charge in [-0.25, -0.2) is 9.97 Å². The maximum atomic E-state index is 12.0. The van der Waals surface area contributed by atoms with Crippen molar-refractivity contribution in [1.29, 1.82) is 0 Å². The van der Waals surface area contributed by atoms with Crippen molar-refractivity contribution < 1.29 is 14.3 Å². The Morgan fingerprint density at radius 3 is 2.58 bits per heavy atom. The minimum absolute atomic E-state index is 0.145. The van der Waals surface area contributed by atoms with E-state index in [1.165, 1.54) is 0 Å². The number of nitrogens with one attached hydrogen (secondary N) is 2. The Morgan fingerprint density at radius 1 is 1.15 bits per heavy atom. The van der Waals surface area contributed by atoms with Gasteiger partial charge < -0.3 is 15.4 Å². The zero-order valence-electron chi connectivity index (χ0n) is 14.0. The summed E-state index contributed by atoms with van der Waals surface area (Å²) in [5.41, 5.74) is 0.988. The van der Waals surface area contributed by atoms with Crippen molar-refractivity contribution in [2.75, 3.05) is 19.0 Å². The van der Waals surface area contributed by atoms with Gasteiger partial charge in [0.25, 0.3) is 5.91 Å². The highest BCUT2D eigenvalue weighted by Crippen LogP contribution is 2.11. The summed E-state index contributed by atoms with van der Waals surface area (Å²) in [4.78, 5) is 32.2. The van der Waals surface area contributed by atoms with Crippen LogP contribution in [0.5, 0.6) is 5.75 Å². The summed E-state index contributed by atoms with van der Waals surface area (Å²) in [7, 11) is 1.55. The van der Waals surface area contributed by atoms with E-state index in [2.05, 4.69) is 20.6 Å². The molecule has 0 saturated carbocycles. The van der Waals surface area contributed by atoms with Gasteiger partial charge in [-0.1, -0.05) is 0 Å². The molecular weight excluding hydrogens is 334 g/mol. The predicted octanol–water partition coefficient (Wildman–Crippen LogP) is 1.64. The average Bonchev–Trinajstić information content (AvgIpc) is 3.21. The summed E-state index contributed by atoms with van der Waals surface area (Å²) in [6.07, 6.45) is 6.60. The molecule has 2 heterocycles. The number of pyridine rings is 1. The first kappa shape index (κ1) is 17.2. The minimum Gasteiger partial charge on any atom is -0.497 e. The molecule has 0 aliphatic rings. The third kappa shape index (κ3) is 4.23. The van der Waals surface area contributed by atoms with Crippen LogP contribution in [-0.4, -0.2) is 40.0 Å². The Balaban J connectivity index is 1.51. The number of ether oxygens (including phenoxy) is 1. The molecule has 0 aliphatic carbocycles. The van der Waals surface area contributed by atoms with Gasteiger partial charge >= 0.3 is 0 Å². The molecule has 2 amide bonds. The van der Waals surface area contributed by atoms with Gasteiger partial charge in [-0.15, -0.1) is 0 Å². The maximum absolute atomic E-state index is 12.0. The Hall–Kier alpha value is -3.68. The SMILES string of the molecule is COc1ccc(C(=O)NCC(=O)Nc2ccc(-n3ccnc3)nc2)cc1. The van der Waals surface area contributed by atoms with Crippen molar-refractivity contribution in [3.8, 4) is 11.6 Å². The third-order valence-electron chi connectivity index (χ3n) is 3.56. The van der Waals surface area contributed by atoms with Gasteiger partial charge in [0.05, 0.1) is 25.5 Å². The molecule has 26 heavy (non-hydrogen) atoms. The van der Waals surface area contributed by atoms with Gasteiger partial charge in [0.15, 0.2) is 0 Å². The molecule has 1 aromatic carbocycles. The van der Waals surface area contributed by atoms with Crippen molar-refractivity contribution in [2.24, 2.45) is 0 Å². The lowest BCUT2D eigenvalue weighted by Gasteiger charge is -2.08. The predicted molar refractivity (Wildman–Crippen MR) is 95.3 cm³/mol. The van der Waals surface area contributed by atoms with Crippen molar-refractivity contribution in [3.63, 3.8) is 0 Å². The number of imidazole rings is 1. The minimum atomic E-state index is -0.343. The summed E-state index contributed by atoms with van der Waals surface area (Å²) in [6, 6.07) is 10.1. The van der Waals surface area contributed by atoms with E-state index in [9.17, 15) is 9.59 Å². The zero-order chi connectivity index (χ0) is 18.4. The van der Waals surface area contributed by atoms with Gasteiger partial charge in [0.1, 0.15) is 17.9 Å². The first-order valence-corrected chi connectivity index (χ1v) is 7.82. The van der Waals surface area contributed by atoms with Crippen LogP contribution in [0.25, 0.3) is 5.82 Å². The van der Waals surface area contributed by atoms with Crippen LogP contribution in [0.2, 0.25) is 0 Å². The van der Waals surface area contributed by atoms with E-state index in [0.29, 0.717) is 22.8 Å². The molecule has 8 heteroatoms. The molecule has 0 fully saturated rings. The molecular formula is C18H17N5O3. The molecule has 2 N–H and O–H groups in total. The summed E-state index contributed by atoms with van der Waals surface area (Å²) in [5.74, 6) is 0.666. The number of hydrogen-bond acceptors (Lipinski definition) is 5. The molecule has 0 bridgehead atoms. The molecule has 0 aliphatic heterocycles. The third-order valence-corrected chi connectivity index (χ3v) is 3.56. The number of aromatic nitrogens is 3. The Morgan fingerprint density at radius 2 is 1.96 bits per heavy atom. The Labute approximate surface area is 149 Å². The monoisotopic (exact) mass is 351 g/mol. The van der Waals surface area contributed by atoms with Crippen LogP contribution in [0.3, 0.4) is 0 Å². The first-order chi connectivity index (χ1) is 12.7. The zero-order valence-corrected chi connectivity index (χ0v) is 14.0. The highest BCUT2D eigenvalue weighted by Gasteiger charge is 2.09. The van der Waals surface area contributed by atoms with E-state index < -0.39 is 0 Å². The quantitative estimate of drug-likeness (QED) is 0.704. The molecule has 0 unspecified atom stereocenters. The van der Waals surface area contributed by atoms with Crippen LogP contribution >= 0.6 is 0 Å². The van der Waals surface area contributed by atoms with Gasteiger partial charge in [-0.2, -0.15) is 0 Å². The van der Waals surface area contributed by atoms with Crippen LogP contribution in [-0.2, 0) is 4.79 Å². The van der Waals surface area contributed by atoms with E-state index in [4.69, 9.17) is 4.74 Å².